The normalized spacial score (nSPS) is 16.9. The van der Waals surface area contributed by atoms with E-state index in [1.807, 2.05) is 20.8 Å². The van der Waals surface area contributed by atoms with Crippen molar-refractivity contribution in [2.24, 2.45) is 23.1 Å². The van der Waals surface area contributed by atoms with Gasteiger partial charge in [0.2, 0.25) is 59.1 Å². The zero-order chi connectivity index (χ0) is 53.2. The van der Waals surface area contributed by atoms with Crippen LogP contribution in [-0.4, -0.2) is 167 Å². The minimum atomic E-state index is -1.29. The third-order valence-corrected chi connectivity index (χ3v) is 12.2. The maximum Gasteiger partial charge on any atom is 0.243 e. The van der Waals surface area contributed by atoms with Gasteiger partial charge in [0, 0.05) is 44.4 Å². The van der Waals surface area contributed by atoms with Gasteiger partial charge in [0.05, 0.1) is 26.0 Å². The summed E-state index contributed by atoms with van der Waals surface area (Å²) in [6, 6.07) is -6.07. The number of likely N-dealkylation sites (tertiary alicyclic amines) is 2. The standard InChI is InChI=1S/C46H78N16O10/c1-4-5-12-30(40(48)67)59-45(72)35-15-11-20-62(35)39(66)26-55-41(68)31(13-6-8-17-47)60-43(70)33(22-29-23-51-27-56-29)58-36(63)24-53-42(69)32(21-28(2)3)57-37(64)25-54-44(71)34-14-10-19-61(34)38(65)16-7-9-18-52-46(49)50/h23,27-28,30-35H,4-22,24-26,47H2,1-3H3,(H2,48,67)(H,51,56)(H,53,69)(H,54,71)(H,55,68)(H,57,64)(H,58,63)(H,59,72)(H,60,70)(H4,49,50,52)/t30-,31-,32-,33-,34-,35-/m0/s1. The molecule has 26 heteroatoms. The van der Waals surface area contributed by atoms with Gasteiger partial charge in [-0.15, -0.1) is 0 Å². The molecular weight excluding hydrogens is 937 g/mol. The number of nitrogens with zero attached hydrogens (tertiary/aromatic N) is 3. The quantitative estimate of drug-likeness (QED) is 0.0191. The van der Waals surface area contributed by atoms with E-state index in [4.69, 9.17) is 22.6 Å². The van der Waals surface area contributed by atoms with Crippen LogP contribution in [0.15, 0.2) is 12.5 Å². The van der Waals surface area contributed by atoms with Crippen LogP contribution in [0.4, 0.5) is 0 Å². The molecule has 2 fully saturated rings. The first kappa shape index (κ1) is 59.4. The summed E-state index contributed by atoms with van der Waals surface area (Å²) in [6.45, 7) is 5.43. The predicted molar refractivity (Wildman–Crippen MR) is 263 cm³/mol. The molecule has 2 saturated heterocycles. The van der Waals surface area contributed by atoms with E-state index in [1.165, 1.54) is 22.3 Å². The fourth-order valence-corrected chi connectivity index (χ4v) is 8.42. The maximum atomic E-state index is 13.9. The summed E-state index contributed by atoms with van der Waals surface area (Å²) < 4.78 is 0. The van der Waals surface area contributed by atoms with Gasteiger partial charge in [0.25, 0.3) is 0 Å². The molecule has 6 atom stereocenters. The highest BCUT2D eigenvalue weighted by molar-refractivity contribution is 5.97. The van der Waals surface area contributed by atoms with Crippen molar-refractivity contribution < 1.29 is 47.9 Å². The van der Waals surface area contributed by atoms with Crippen LogP contribution in [0.2, 0.25) is 0 Å². The van der Waals surface area contributed by atoms with E-state index < -0.39 is 109 Å². The fraction of sp³-hybridized carbons (Fsp3) is 0.696. The van der Waals surface area contributed by atoms with Crippen molar-refractivity contribution in [3.63, 3.8) is 0 Å². The summed E-state index contributed by atoms with van der Waals surface area (Å²) >= 11 is 0. The lowest BCUT2D eigenvalue weighted by molar-refractivity contribution is -0.140. The maximum absolute atomic E-state index is 13.9. The van der Waals surface area contributed by atoms with E-state index in [1.54, 1.807) is 0 Å². The van der Waals surface area contributed by atoms with Crippen molar-refractivity contribution in [2.75, 3.05) is 45.8 Å². The predicted octanol–water partition coefficient (Wildman–Crippen LogP) is -3.27. The molecule has 0 radical (unpaired) electrons. The number of amides is 10. The van der Waals surface area contributed by atoms with Gasteiger partial charge in [0.1, 0.15) is 36.3 Å². The molecule has 0 aromatic carbocycles. The first-order chi connectivity index (χ1) is 34.3. The number of unbranched alkanes of at least 4 members (excludes halogenated alkanes) is 3. The molecule has 3 heterocycles. The largest absolute Gasteiger partial charge is 0.370 e. The number of nitrogens with one attached hydrogen (secondary N) is 10. The SMILES string of the molecule is CCCC[C@H](NC(=O)[C@@H]1CCCN1C(=O)CNC(=O)[C@H](CCCCN)NC(=O)[C@H](Cc1cnc[nH]1)NC(=O)CNC(=O)[C@H](CC(C)C)NC(=O)CNC(=O)[C@@H]1CCCN1C(=O)CCCCNC(=N)N)C(N)=O. The van der Waals surface area contributed by atoms with Crippen LogP contribution < -0.4 is 59.7 Å². The van der Waals surface area contributed by atoms with Gasteiger partial charge in [-0.25, -0.2) is 4.98 Å². The van der Waals surface area contributed by atoms with E-state index in [0.717, 1.165) is 6.42 Å². The Morgan fingerprint density at radius 2 is 1.31 bits per heavy atom. The van der Waals surface area contributed by atoms with Crippen LogP contribution in [0.5, 0.6) is 0 Å². The fourth-order valence-electron chi connectivity index (χ4n) is 8.42. The highest BCUT2D eigenvalue weighted by Gasteiger charge is 2.37. The number of aromatic amines is 1. The number of carbonyl (C=O) groups excluding carboxylic acids is 10. The molecule has 1 aromatic rings. The van der Waals surface area contributed by atoms with Crippen molar-refractivity contribution in [1.29, 1.82) is 5.41 Å². The molecule has 0 aliphatic carbocycles. The lowest BCUT2D eigenvalue weighted by Crippen LogP contribution is -2.57. The van der Waals surface area contributed by atoms with Crippen LogP contribution >= 0.6 is 0 Å². The molecule has 2 aliphatic rings. The summed E-state index contributed by atoms with van der Waals surface area (Å²) in [5.74, 6) is -6.29. The number of imidazole rings is 1. The molecule has 0 spiro atoms. The number of rotatable bonds is 32. The summed E-state index contributed by atoms with van der Waals surface area (Å²) in [6.07, 6.45) is 9.03. The molecule has 16 N–H and O–H groups in total. The highest BCUT2D eigenvalue weighted by atomic mass is 16.2. The second kappa shape index (κ2) is 31.5. The molecule has 2 aliphatic heterocycles. The van der Waals surface area contributed by atoms with Crippen molar-refractivity contribution >= 4 is 65.0 Å². The summed E-state index contributed by atoms with van der Waals surface area (Å²) in [5, 5.41) is 28.1. The summed E-state index contributed by atoms with van der Waals surface area (Å²) in [7, 11) is 0. The van der Waals surface area contributed by atoms with Crippen molar-refractivity contribution in [3.8, 4) is 0 Å². The van der Waals surface area contributed by atoms with Crippen LogP contribution in [-0.2, 0) is 54.4 Å². The first-order valence-electron chi connectivity index (χ1n) is 25.0. The molecule has 3 rings (SSSR count). The Labute approximate surface area is 420 Å². The van der Waals surface area contributed by atoms with Gasteiger partial charge in [-0.2, -0.15) is 0 Å². The smallest absolute Gasteiger partial charge is 0.243 e. The molecule has 0 unspecified atom stereocenters. The Kier molecular flexibility index (Phi) is 26.0. The molecule has 26 nitrogen and oxygen atoms in total. The van der Waals surface area contributed by atoms with Gasteiger partial charge in [0.15, 0.2) is 5.96 Å². The molecule has 0 saturated carbocycles. The number of primary amides is 1. The number of nitrogens with two attached hydrogens (primary N) is 3. The van der Waals surface area contributed by atoms with Gasteiger partial charge in [-0.1, -0.05) is 33.6 Å². The Morgan fingerprint density at radius 3 is 1.92 bits per heavy atom. The van der Waals surface area contributed by atoms with Gasteiger partial charge in [-0.05, 0) is 83.1 Å². The number of hydrogen-bond acceptors (Lipinski definition) is 13. The third kappa shape index (κ3) is 20.8. The van der Waals surface area contributed by atoms with Crippen LogP contribution in [0.3, 0.4) is 0 Å². The molecule has 72 heavy (non-hydrogen) atoms. The number of guanidine groups is 1. The number of carbonyl (C=O) groups is 10. The van der Waals surface area contributed by atoms with E-state index in [9.17, 15) is 47.9 Å². The average molecular weight is 1020 g/mol. The first-order valence-corrected chi connectivity index (χ1v) is 25.0. The van der Waals surface area contributed by atoms with Crippen molar-refractivity contribution in [1.82, 2.24) is 62.3 Å². The minimum absolute atomic E-state index is 0.0854. The van der Waals surface area contributed by atoms with E-state index in [-0.39, 0.29) is 50.0 Å². The zero-order valence-corrected chi connectivity index (χ0v) is 41.9. The topological polar surface area (TPSA) is 404 Å². The Hall–Kier alpha value is -6.86. The Bertz CT molecular complexity index is 2000. The molecule has 1 aromatic heterocycles. The molecule has 0 bridgehead atoms. The van der Waals surface area contributed by atoms with Crippen molar-refractivity contribution in [2.45, 2.75) is 153 Å². The lowest BCUT2D eigenvalue weighted by atomic mass is 10.0. The third-order valence-electron chi connectivity index (χ3n) is 12.2. The van der Waals surface area contributed by atoms with Gasteiger partial charge in [-0.3, -0.25) is 53.4 Å². The Morgan fingerprint density at radius 1 is 0.694 bits per heavy atom. The van der Waals surface area contributed by atoms with E-state index >= 15 is 0 Å². The second-order valence-corrected chi connectivity index (χ2v) is 18.5. The number of hydrogen-bond donors (Lipinski definition) is 13. The van der Waals surface area contributed by atoms with Crippen LogP contribution in [0.25, 0.3) is 0 Å². The van der Waals surface area contributed by atoms with Gasteiger partial charge < -0.3 is 74.5 Å². The lowest BCUT2D eigenvalue weighted by Gasteiger charge is -2.27. The Balaban J connectivity index is 1.59. The van der Waals surface area contributed by atoms with E-state index in [0.29, 0.717) is 89.5 Å². The monoisotopic (exact) mass is 1010 g/mol. The van der Waals surface area contributed by atoms with Gasteiger partial charge >= 0.3 is 0 Å². The summed E-state index contributed by atoms with van der Waals surface area (Å²) in [4.78, 5) is 142. The zero-order valence-electron chi connectivity index (χ0n) is 41.9. The van der Waals surface area contributed by atoms with Crippen LogP contribution in [0, 0.1) is 11.3 Å². The highest BCUT2D eigenvalue weighted by Crippen LogP contribution is 2.20. The molecule has 402 valence electrons. The van der Waals surface area contributed by atoms with E-state index in [2.05, 4.69) is 52.5 Å². The average Bonchev–Trinajstić information content (AvgIpc) is 4.15. The number of aromatic nitrogens is 2. The number of H-pyrrole nitrogens is 1. The minimum Gasteiger partial charge on any atom is -0.370 e. The second-order valence-electron chi connectivity index (χ2n) is 18.5. The summed E-state index contributed by atoms with van der Waals surface area (Å²) in [5.41, 5.74) is 16.9. The molecular formula is C46H78N16O10. The van der Waals surface area contributed by atoms with Crippen molar-refractivity contribution in [3.05, 3.63) is 18.2 Å². The molecule has 10 amide bonds. The van der Waals surface area contributed by atoms with Crippen LogP contribution in [0.1, 0.15) is 116 Å².